The number of fused-ring (bicyclic) bond motifs is 1. The van der Waals surface area contributed by atoms with Gasteiger partial charge in [0.05, 0.1) is 4.58 Å². The number of carbonyl (C=O) groups excluding carboxylic acids is 1. The summed E-state index contributed by atoms with van der Waals surface area (Å²) in [7, 11) is -2.12. The molecule has 0 bridgehead atoms. The van der Waals surface area contributed by atoms with E-state index in [1.807, 2.05) is 37.4 Å². The highest BCUT2D eigenvalue weighted by molar-refractivity contribution is 8.20. The largest absolute Gasteiger partial charge is 0.455 e. The van der Waals surface area contributed by atoms with Crippen molar-refractivity contribution in [3.63, 3.8) is 0 Å². The van der Waals surface area contributed by atoms with Gasteiger partial charge in [-0.1, -0.05) is 20.8 Å². The smallest absolute Gasteiger partial charge is 0.337 e. The van der Waals surface area contributed by atoms with E-state index in [9.17, 15) is 4.79 Å². The fourth-order valence-corrected chi connectivity index (χ4v) is 7.31. The van der Waals surface area contributed by atoms with Crippen molar-refractivity contribution in [2.75, 3.05) is 11.5 Å². The number of rotatable bonds is 3. The molecule has 3 aliphatic rings. The summed E-state index contributed by atoms with van der Waals surface area (Å²) in [6, 6.07) is 0. The second-order valence-electron chi connectivity index (χ2n) is 8.87. The Morgan fingerprint density at radius 2 is 1.64 bits per heavy atom. The molecule has 3 fully saturated rings. The monoisotopic (exact) mass is 406 g/mol. The molecule has 0 unspecified atom stereocenters. The van der Waals surface area contributed by atoms with Crippen molar-refractivity contribution in [3.05, 3.63) is 0 Å². The van der Waals surface area contributed by atoms with Crippen molar-refractivity contribution in [1.82, 2.24) is 0 Å². The van der Waals surface area contributed by atoms with Crippen LogP contribution in [-0.4, -0.2) is 60.6 Å². The van der Waals surface area contributed by atoms with Crippen LogP contribution in [0.5, 0.6) is 0 Å². The summed E-state index contributed by atoms with van der Waals surface area (Å²) in [5.74, 6) is 1.15. The van der Waals surface area contributed by atoms with E-state index in [0.29, 0.717) is 0 Å². The molecule has 3 heterocycles. The highest BCUT2D eigenvalue weighted by atomic mass is 32.2. The van der Waals surface area contributed by atoms with Crippen LogP contribution < -0.4 is 0 Å². The zero-order valence-electron chi connectivity index (χ0n) is 16.2. The Morgan fingerprint density at radius 1 is 1.08 bits per heavy atom. The van der Waals surface area contributed by atoms with Crippen molar-refractivity contribution >= 4 is 37.8 Å². The zero-order valence-corrected chi connectivity index (χ0v) is 18.8. The van der Waals surface area contributed by atoms with Crippen molar-refractivity contribution in [3.8, 4) is 0 Å². The minimum Gasteiger partial charge on any atom is -0.455 e. The molecule has 3 rings (SSSR count). The summed E-state index contributed by atoms with van der Waals surface area (Å²) >= 11 is 3.75. The van der Waals surface area contributed by atoms with Gasteiger partial charge in [0.25, 0.3) is 0 Å². The maximum absolute atomic E-state index is 12.6. The first kappa shape index (κ1) is 20.0. The van der Waals surface area contributed by atoms with Gasteiger partial charge in [-0.3, -0.25) is 0 Å². The molecular weight excluding hydrogens is 376 g/mol. The van der Waals surface area contributed by atoms with E-state index in [4.69, 9.17) is 18.6 Å². The van der Waals surface area contributed by atoms with E-state index >= 15 is 0 Å². The lowest BCUT2D eigenvalue weighted by atomic mass is 10.0. The topological polar surface area (TPSA) is 54.0 Å². The van der Waals surface area contributed by atoms with Gasteiger partial charge in [0.1, 0.15) is 12.2 Å². The van der Waals surface area contributed by atoms with Crippen LogP contribution >= 0.6 is 23.5 Å². The van der Waals surface area contributed by atoms with Crippen LogP contribution in [0.1, 0.15) is 34.6 Å². The molecule has 4 atom stereocenters. The molecule has 3 saturated heterocycles. The predicted octanol–water partition coefficient (Wildman–Crippen LogP) is 3.63. The Kier molecular flexibility index (Phi) is 5.37. The van der Waals surface area contributed by atoms with E-state index in [0.717, 1.165) is 11.5 Å². The minimum absolute atomic E-state index is 0.0165. The molecule has 25 heavy (non-hydrogen) atoms. The third-order valence-electron chi connectivity index (χ3n) is 5.41. The van der Waals surface area contributed by atoms with Crippen LogP contribution in [0.15, 0.2) is 0 Å². The lowest BCUT2D eigenvalue weighted by Crippen LogP contribution is -2.59. The average Bonchev–Trinajstić information content (AvgIpc) is 3.06. The summed E-state index contributed by atoms with van der Waals surface area (Å²) in [4.78, 5) is 12.6. The van der Waals surface area contributed by atoms with Crippen LogP contribution in [0, 0.1) is 0 Å². The predicted molar refractivity (Wildman–Crippen MR) is 104 cm³/mol. The quantitative estimate of drug-likeness (QED) is 0.524. The minimum atomic E-state index is -2.12. The van der Waals surface area contributed by atoms with Crippen molar-refractivity contribution in [2.45, 2.75) is 87.5 Å². The molecule has 0 saturated carbocycles. The molecule has 0 amide bonds. The Hall–Kier alpha value is 0.267. The van der Waals surface area contributed by atoms with E-state index in [1.54, 1.807) is 0 Å². The molecular formula is C17H30O5S2Si. The normalized spacial score (nSPS) is 36.4. The Morgan fingerprint density at radius 3 is 2.20 bits per heavy atom. The fourth-order valence-electron chi connectivity index (χ4n) is 3.09. The van der Waals surface area contributed by atoms with Gasteiger partial charge in [-0.05, 0) is 32.0 Å². The summed E-state index contributed by atoms with van der Waals surface area (Å²) in [5, 5.41) is 0.0165. The zero-order chi connectivity index (χ0) is 18.6. The Bertz CT molecular complexity index is 528. The van der Waals surface area contributed by atoms with Gasteiger partial charge in [0.15, 0.2) is 26.3 Å². The molecule has 3 aliphatic heterocycles. The first-order valence-electron chi connectivity index (χ1n) is 8.88. The molecule has 0 N–H and O–H groups in total. The van der Waals surface area contributed by atoms with Crippen molar-refractivity contribution < 1.29 is 23.4 Å². The van der Waals surface area contributed by atoms with Crippen LogP contribution in [-0.2, 0) is 23.4 Å². The van der Waals surface area contributed by atoms with Crippen molar-refractivity contribution in [1.29, 1.82) is 0 Å². The first-order valence-corrected chi connectivity index (χ1v) is 13.9. The average molecular weight is 407 g/mol. The second kappa shape index (κ2) is 6.70. The molecule has 5 nitrogen and oxygen atoms in total. The van der Waals surface area contributed by atoms with E-state index in [-0.39, 0.29) is 21.7 Å². The SMILES string of the molecule is CC1(C)O[C@@H]2[C@@H](OC(=O)[C@@H]2O[Si](C)(C)C(C)(C)C)[C@@H](C2SCCS2)O1. The van der Waals surface area contributed by atoms with Crippen molar-refractivity contribution in [2.24, 2.45) is 0 Å². The molecule has 8 heteroatoms. The molecule has 0 aromatic heterocycles. The summed E-state index contributed by atoms with van der Waals surface area (Å²) < 4.78 is 24.7. The third kappa shape index (κ3) is 3.94. The van der Waals surface area contributed by atoms with E-state index in [2.05, 4.69) is 33.9 Å². The Balaban J connectivity index is 1.84. The maximum Gasteiger partial charge on any atom is 0.337 e. The number of thioether (sulfide) groups is 2. The van der Waals surface area contributed by atoms with Gasteiger partial charge >= 0.3 is 5.97 Å². The number of hydrogen-bond acceptors (Lipinski definition) is 7. The summed E-state index contributed by atoms with van der Waals surface area (Å²) in [6.45, 7) is 14.6. The van der Waals surface area contributed by atoms with Gasteiger partial charge in [-0.2, -0.15) is 0 Å². The van der Waals surface area contributed by atoms with E-state index in [1.165, 1.54) is 0 Å². The summed E-state index contributed by atoms with van der Waals surface area (Å²) in [6.07, 6.45) is -1.62. The third-order valence-corrected chi connectivity index (χ3v) is 13.0. The number of carbonyl (C=O) groups is 1. The van der Waals surface area contributed by atoms with Gasteiger partial charge < -0.3 is 18.6 Å². The van der Waals surface area contributed by atoms with Crippen LogP contribution in [0.4, 0.5) is 0 Å². The van der Waals surface area contributed by atoms with Gasteiger partial charge in [0, 0.05) is 11.5 Å². The standard InChI is InChI=1S/C17H30O5S2Si/c1-16(2,3)25(6,7)22-12-11-10(19-14(12)18)13(15-23-8-9-24-15)21-17(4,5)20-11/h10-13,15H,8-9H2,1-7H3/t10-,11-,12-,13+/m1/s1. The van der Waals surface area contributed by atoms with Crippen LogP contribution in [0.2, 0.25) is 18.1 Å². The van der Waals surface area contributed by atoms with Gasteiger partial charge in [-0.15, -0.1) is 23.5 Å². The van der Waals surface area contributed by atoms with Gasteiger partial charge in [-0.25, -0.2) is 4.79 Å². The molecule has 0 radical (unpaired) electrons. The fraction of sp³-hybridized carbons (Fsp3) is 0.941. The second-order valence-corrected chi connectivity index (χ2v) is 16.4. The highest BCUT2D eigenvalue weighted by Crippen LogP contribution is 2.46. The molecule has 0 aromatic carbocycles. The molecule has 0 aromatic rings. The molecule has 0 spiro atoms. The van der Waals surface area contributed by atoms with Crippen LogP contribution in [0.3, 0.4) is 0 Å². The first-order chi connectivity index (χ1) is 11.4. The maximum atomic E-state index is 12.6. The number of hydrogen-bond donors (Lipinski definition) is 0. The van der Waals surface area contributed by atoms with Gasteiger partial charge in [0.2, 0.25) is 0 Å². The number of ether oxygens (including phenoxy) is 3. The van der Waals surface area contributed by atoms with E-state index < -0.39 is 32.4 Å². The van der Waals surface area contributed by atoms with Crippen LogP contribution in [0.25, 0.3) is 0 Å². The Labute approximate surface area is 160 Å². The lowest BCUT2D eigenvalue weighted by Gasteiger charge is -2.45. The summed E-state index contributed by atoms with van der Waals surface area (Å²) in [5.41, 5.74) is 0. The highest BCUT2D eigenvalue weighted by Gasteiger charge is 2.60. The molecule has 0 aliphatic carbocycles. The molecule has 144 valence electrons. The lowest BCUT2D eigenvalue weighted by molar-refractivity contribution is -0.323. The number of esters is 1.